The molecule has 0 bridgehead atoms. The number of hydrogen-bond donors (Lipinski definition) is 0. The van der Waals surface area contributed by atoms with E-state index in [0.717, 1.165) is 25.7 Å². The van der Waals surface area contributed by atoms with Gasteiger partial charge < -0.3 is 4.74 Å². The smallest absolute Gasteiger partial charge is 0.309 e. The molecule has 0 spiro atoms. The fraction of sp³-hybridized carbons (Fsp3) is 0.900. The van der Waals surface area contributed by atoms with Crippen LogP contribution in [0, 0.1) is 5.92 Å². The highest BCUT2D eigenvalue weighted by Crippen LogP contribution is 2.37. The molecule has 2 aliphatic rings. The van der Waals surface area contributed by atoms with Gasteiger partial charge in [0.2, 0.25) is 0 Å². The molecule has 0 amide bonds. The van der Waals surface area contributed by atoms with E-state index in [1.165, 1.54) is 12.8 Å². The highest BCUT2D eigenvalue weighted by molar-refractivity contribution is 5.73. The summed E-state index contributed by atoms with van der Waals surface area (Å²) >= 11 is 0. The normalized spacial score (nSPS) is 27.1. The van der Waals surface area contributed by atoms with Gasteiger partial charge in [-0.15, -0.1) is 0 Å². The molecule has 0 heterocycles. The van der Waals surface area contributed by atoms with Crippen LogP contribution < -0.4 is 0 Å². The summed E-state index contributed by atoms with van der Waals surface area (Å²) in [7, 11) is 0. The first-order valence-electron chi connectivity index (χ1n) is 4.92. The summed E-state index contributed by atoms with van der Waals surface area (Å²) in [5, 5.41) is 0. The lowest BCUT2D eigenvalue weighted by molar-refractivity contribution is -0.174. The zero-order valence-corrected chi connectivity index (χ0v) is 7.64. The van der Waals surface area contributed by atoms with Gasteiger partial charge in [0.25, 0.3) is 0 Å². The number of rotatable bonds is 2. The topological polar surface area (TPSA) is 26.3 Å². The van der Waals surface area contributed by atoms with Crippen molar-refractivity contribution in [1.29, 1.82) is 0 Å². The van der Waals surface area contributed by atoms with Crippen molar-refractivity contribution in [2.75, 3.05) is 0 Å². The molecule has 0 saturated heterocycles. The Balaban J connectivity index is 1.81. The van der Waals surface area contributed by atoms with Crippen molar-refractivity contribution in [3.05, 3.63) is 0 Å². The van der Waals surface area contributed by atoms with Crippen LogP contribution in [-0.2, 0) is 9.53 Å². The van der Waals surface area contributed by atoms with Crippen LogP contribution in [0.15, 0.2) is 0 Å². The number of carbonyl (C=O) groups is 1. The molecule has 2 heteroatoms. The Morgan fingerprint density at radius 1 is 1.33 bits per heavy atom. The molecule has 2 saturated carbocycles. The predicted molar refractivity (Wildman–Crippen MR) is 45.7 cm³/mol. The number of carbonyl (C=O) groups excluding carboxylic acids is 1. The van der Waals surface area contributed by atoms with Gasteiger partial charge in [-0.1, -0.05) is 6.42 Å². The molecule has 0 radical (unpaired) electrons. The number of esters is 1. The predicted octanol–water partition coefficient (Wildman–Crippen LogP) is 2.27. The van der Waals surface area contributed by atoms with Gasteiger partial charge in [-0.3, -0.25) is 4.79 Å². The molecule has 2 fully saturated rings. The van der Waals surface area contributed by atoms with E-state index < -0.39 is 0 Å². The van der Waals surface area contributed by atoms with Gasteiger partial charge in [-0.25, -0.2) is 0 Å². The van der Waals surface area contributed by atoms with Gasteiger partial charge in [-0.05, 0) is 39.0 Å². The standard InChI is InChI=1S/C10H16O2/c1-10(6-3-7-10)12-9(11)8-4-2-5-8/h8H,2-7H2,1H3. The minimum Gasteiger partial charge on any atom is -0.459 e. The van der Waals surface area contributed by atoms with Crippen LogP contribution >= 0.6 is 0 Å². The molecule has 0 unspecified atom stereocenters. The first kappa shape index (κ1) is 8.09. The lowest BCUT2D eigenvalue weighted by atomic mass is 9.81. The molecule has 2 aliphatic carbocycles. The van der Waals surface area contributed by atoms with Gasteiger partial charge in [0.05, 0.1) is 5.92 Å². The first-order valence-corrected chi connectivity index (χ1v) is 4.92. The minimum absolute atomic E-state index is 0.0588. The van der Waals surface area contributed by atoms with E-state index in [0.29, 0.717) is 0 Å². The maximum absolute atomic E-state index is 11.4. The summed E-state index contributed by atoms with van der Waals surface area (Å²) in [6, 6.07) is 0. The van der Waals surface area contributed by atoms with E-state index in [1.54, 1.807) is 0 Å². The van der Waals surface area contributed by atoms with Gasteiger partial charge in [0.15, 0.2) is 0 Å². The van der Waals surface area contributed by atoms with Crippen molar-refractivity contribution in [2.45, 2.75) is 51.0 Å². The molecule has 0 aromatic rings. The summed E-state index contributed by atoms with van der Waals surface area (Å²) in [5.74, 6) is 0.297. The molecule has 0 aliphatic heterocycles. The first-order chi connectivity index (χ1) is 5.70. The van der Waals surface area contributed by atoms with E-state index >= 15 is 0 Å². The Morgan fingerprint density at radius 2 is 2.00 bits per heavy atom. The minimum atomic E-state index is -0.0906. The summed E-state index contributed by atoms with van der Waals surface area (Å²) in [4.78, 5) is 11.4. The molecule has 2 nitrogen and oxygen atoms in total. The van der Waals surface area contributed by atoms with E-state index in [-0.39, 0.29) is 17.5 Å². The van der Waals surface area contributed by atoms with E-state index in [1.807, 2.05) is 6.92 Å². The fourth-order valence-corrected chi connectivity index (χ4v) is 1.75. The van der Waals surface area contributed by atoms with Crippen molar-refractivity contribution in [2.24, 2.45) is 5.92 Å². The van der Waals surface area contributed by atoms with Crippen molar-refractivity contribution in [3.63, 3.8) is 0 Å². The second-order valence-electron chi connectivity index (χ2n) is 4.35. The molecular formula is C10H16O2. The zero-order chi connectivity index (χ0) is 8.60. The molecule has 2 rings (SSSR count). The highest BCUT2D eigenvalue weighted by atomic mass is 16.6. The maximum atomic E-state index is 11.4. The van der Waals surface area contributed by atoms with Crippen LogP contribution in [0.2, 0.25) is 0 Å². The number of hydrogen-bond acceptors (Lipinski definition) is 2. The average Bonchev–Trinajstić information content (AvgIpc) is 1.79. The molecule has 0 aromatic heterocycles. The molecule has 0 aromatic carbocycles. The molecule has 0 N–H and O–H groups in total. The Morgan fingerprint density at radius 3 is 2.33 bits per heavy atom. The molecule has 68 valence electrons. The van der Waals surface area contributed by atoms with Crippen molar-refractivity contribution in [3.8, 4) is 0 Å². The van der Waals surface area contributed by atoms with Crippen molar-refractivity contribution < 1.29 is 9.53 Å². The second-order valence-corrected chi connectivity index (χ2v) is 4.35. The number of ether oxygens (including phenoxy) is 1. The van der Waals surface area contributed by atoms with Crippen LogP contribution in [0.1, 0.15) is 45.4 Å². The van der Waals surface area contributed by atoms with Gasteiger partial charge >= 0.3 is 5.97 Å². The van der Waals surface area contributed by atoms with Crippen LogP contribution in [0.3, 0.4) is 0 Å². The third-order valence-corrected chi connectivity index (χ3v) is 3.20. The Hall–Kier alpha value is -0.530. The third-order valence-electron chi connectivity index (χ3n) is 3.20. The zero-order valence-electron chi connectivity index (χ0n) is 7.64. The lowest BCUT2D eigenvalue weighted by Gasteiger charge is -2.39. The largest absolute Gasteiger partial charge is 0.459 e. The molecule has 0 atom stereocenters. The molecular weight excluding hydrogens is 152 g/mol. The Bertz CT molecular complexity index is 190. The van der Waals surface area contributed by atoms with Crippen LogP contribution in [0.25, 0.3) is 0 Å². The summed E-state index contributed by atoms with van der Waals surface area (Å²) in [6.07, 6.45) is 6.64. The fourth-order valence-electron chi connectivity index (χ4n) is 1.75. The van der Waals surface area contributed by atoms with Gasteiger partial charge in [0.1, 0.15) is 5.60 Å². The van der Waals surface area contributed by atoms with E-state index in [2.05, 4.69) is 0 Å². The van der Waals surface area contributed by atoms with Crippen LogP contribution in [0.4, 0.5) is 0 Å². The SMILES string of the molecule is CC1(OC(=O)C2CCC2)CCC1. The monoisotopic (exact) mass is 168 g/mol. The van der Waals surface area contributed by atoms with E-state index in [9.17, 15) is 4.79 Å². The van der Waals surface area contributed by atoms with Gasteiger partial charge in [0, 0.05) is 0 Å². The van der Waals surface area contributed by atoms with Gasteiger partial charge in [-0.2, -0.15) is 0 Å². The third kappa shape index (κ3) is 1.35. The van der Waals surface area contributed by atoms with Crippen LogP contribution in [0.5, 0.6) is 0 Å². The quantitative estimate of drug-likeness (QED) is 0.591. The summed E-state index contributed by atoms with van der Waals surface area (Å²) < 4.78 is 5.44. The Kier molecular flexibility index (Phi) is 1.85. The lowest BCUT2D eigenvalue weighted by Crippen LogP contribution is -2.41. The summed E-state index contributed by atoms with van der Waals surface area (Å²) in [6.45, 7) is 2.05. The van der Waals surface area contributed by atoms with Crippen LogP contribution in [-0.4, -0.2) is 11.6 Å². The average molecular weight is 168 g/mol. The Labute approximate surface area is 73.3 Å². The maximum Gasteiger partial charge on any atom is 0.309 e. The van der Waals surface area contributed by atoms with E-state index in [4.69, 9.17) is 4.74 Å². The second kappa shape index (κ2) is 2.75. The molecule has 12 heavy (non-hydrogen) atoms. The van der Waals surface area contributed by atoms with Crippen molar-refractivity contribution >= 4 is 5.97 Å². The highest BCUT2D eigenvalue weighted by Gasteiger charge is 2.38. The van der Waals surface area contributed by atoms with Crippen molar-refractivity contribution in [1.82, 2.24) is 0 Å². The summed E-state index contributed by atoms with van der Waals surface area (Å²) in [5.41, 5.74) is -0.0906.